The van der Waals surface area contributed by atoms with E-state index in [0.29, 0.717) is 0 Å². The van der Waals surface area contributed by atoms with E-state index in [-0.39, 0.29) is 5.41 Å². The average Bonchev–Trinajstić information content (AvgIpc) is 3.16. The van der Waals surface area contributed by atoms with E-state index < -0.39 is 0 Å². The summed E-state index contributed by atoms with van der Waals surface area (Å²) in [4.78, 5) is 0. The molecule has 0 amide bonds. The standard InChI is InChI=1S/C50H38/c1-50(2,3)39-28-29-46-47(32-39)49(38-21-11-19-36(31-38)43-27-13-17-34-15-5-7-23-41(34)43)45-25-9-8-24-44(45)48(46)37-20-10-18-35(30-37)42-26-12-16-33-14-4-6-22-40(33)42/h4-32H,1-3H3. The van der Waals surface area contributed by atoms with Gasteiger partial charge in [-0.2, -0.15) is 0 Å². The van der Waals surface area contributed by atoms with Crippen LogP contribution in [0.25, 0.3) is 87.6 Å². The SMILES string of the molecule is CC(C)(C)c1ccc2c(-c3cccc(-c4cccc5ccccc45)c3)c3ccccc3c(-c3cccc(-c4cccc5ccccc45)c3)c2c1. The largest absolute Gasteiger partial charge is 0.0616 e. The Morgan fingerprint density at radius 2 is 0.700 bits per heavy atom. The van der Waals surface area contributed by atoms with Crippen LogP contribution in [0.5, 0.6) is 0 Å². The predicted octanol–water partition coefficient (Wildman–Crippen LogP) is 14.3. The second-order valence-electron chi connectivity index (χ2n) is 14.5. The van der Waals surface area contributed by atoms with Crippen molar-refractivity contribution in [2.24, 2.45) is 0 Å². The summed E-state index contributed by atoms with van der Waals surface area (Å²) in [6.45, 7) is 6.93. The molecular formula is C50H38. The van der Waals surface area contributed by atoms with E-state index >= 15 is 0 Å². The second kappa shape index (κ2) is 11.9. The van der Waals surface area contributed by atoms with Crippen molar-refractivity contribution in [2.45, 2.75) is 26.2 Å². The first-order valence-corrected chi connectivity index (χ1v) is 17.6. The highest BCUT2D eigenvalue weighted by atomic mass is 14.2. The van der Waals surface area contributed by atoms with Crippen molar-refractivity contribution in [3.05, 3.63) is 181 Å². The number of benzene rings is 9. The summed E-state index contributed by atoms with van der Waals surface area (Å²) in [5.41, 5.74) is 11.4. The average molecular weight is 639 g/mol. The molecule has 0 nitrogen and oxygen atoms in total. The molecule has 0 aliphatic carbocycles. The molecule has 9 aromatic rings. The smallest absolute Gasteiger partial charge is 0.00261 e. The minimum absolute atomic E-state index is 0.0103. The molecule has 0 heteroatoms. The summed E-state index contributed by atoms with van der Waals surface area (Å²) in [6, 6.07) is 65.1. The third-order valence-corrected chi connectivity index (χ3v) is 10.4. The van der Waals surface area contributed by atoms with Gasteiger partial charge in [0.2, 0.25) is 0 Å². The third-order valence-electron chi connectivity index (χ3n) is 10.4. The van der Waals surface area contributed by atoms with E-state index in [4.69, 9.17) is 0 Å². The Bertz CT molecular complexity index is 2730. The molecule has 0 spiro atoms. The lowest BCUT2D eigenvalue weighted by molar-refractivity contribution is 0.591. The van der Waals surface area contributed by atoms with Gasteiger partial charge in [0.25, 0.3) is 0 Å². The Hall–Kier alpha value is -5.98. The Morgan fingerprint density at radius 3 is 1.22 bits per heavy atom. The maximum absolute atomic E-state index is 2.46. The lowest BCUT2D eigenvalue weighted by atomic mass is 9.81. The fourth-order valence-corrected chi connectivity index (χ4v) is 7.91. The highest BCUT2D eigenvalue weighted by Gasteiger charge is 2.21. The van der Waals surface area contributed by atoms with Gasteiger partial charge in [0.1, 0.15) is 0 Å². The summed E-state index contributed by atoms with van der Waals surface area (Å²) >= 11 is 0. The van der Waals surface area contributed by atoms with Gasteiger partial charge in [0, 0.05) is 0 Å². The van der Waals surface area contributed by atoms with Crippen LogP contribution in [-0.4, -0.2) is 0 Å². The minimum Gasteiger partial charge on any atom is -0.0616 e. The van der Waals surface area contributed by atoms with E-state index in [0.717, 1.165) is 0 Å². The van der Waals surface area contributed by atoms with Gasteiger partial charge in [0.15, 0.2) is 0 Å². The number of hydrogen-bond donors (Lipinski definition) is 0. The highest BCUT2D eigenvalue weighted by molar-refractivity contribution is 6.22. The van der Waals surface area contributed by atoms with Crippen molar-refractivity contribution in [1.82, 2.24) is 0 Å². The Balaban J connectivity index is 1.33. The van der Waals surface area contributed by atoms with Crippen molar-refractivity contribution >= 4 is 43.1 Å². The van der Waals surface area contributed by atoms with Crippen LogP contribution in [0.3, 0.4) is 0 Å². The van der Waals surface area contributed by atoms with Crippen LogP contribution in [0.4, 0.5) is 0 Å². The fraction of sp³-hybridized carbons (Fsp3) is 0.0800. The zero-order valence-electron chi connectivity index (χ0n) is 28.7. The van der Waals surface area contributed by atoms with Gasteiger partial charge in [-0.1, -0.05) is 178 Å². The molecule has 0 saturated heterocycles. The zero-order chi connectivity index (χ0) is 33.8. The molecule has 0 N–H and O–H groups in total. The number of fused-ring (bicyclic) bond motifs is 4. The maximum atomic E-state index is 2.46. The van der Waals surface area contributed by atoms with Crippen LogP contribution in [0.1, 0.15) is 26.3 Å². The zero-order valence-corrected chi connectivity index (χ0v) is 28.7. The third kappa shape index (κ3) is 5.08. The number of hydrogen-bond acceptors (Lipinski definition) is 0. The fourth-order valence-electron chi connectivity index (χ4n) is 7.91. The molecule has 0 aromatic heterocycles. The van der Waals surface area contributed by atoms with Gasteiger partial charge in [0.05, 0.1) is 0 Å². The molecular weight excluding hydrogens is 601 g/mol. The van der Waals surface area contributed by atoms with Crippen LogP contribution in [0.2, 0.25) is 0 Å². The van der Waals surface area contributed by atoms with Crippen LogP contribution in [0, 0.1) is 0 Å². The van der Waals surface area contributed by atoms with Gasteiger partial charge in [-0.05, 0) is 117 Å². The summed E-state index contributed by atoms with van der Waals surface area (Å²) < 4.78 is 0. The highest BCUT2D eigenvalue weighted by Crippen LogP contribution is 2.46. The molecule has 238 valence electrons. The molecule has 0 atom stereocenters. The van der Waals surface area contributed by atoms with Crippen molar-refractivity contribution in [3.8, 4) is 44.5 Å². The van der Waals surface area contributed by atoms with Crippen molar-refractivity contribution < 1.29 is 0 Å². The lowest BCUT2D eigenvalue weighted by Crippen LogP contribution is -2.10. The van der Waals surface area contributed by atoms with Crippen molar-refractivity contribution in [2.75, 3.05) is 0 Å². The maximum Gasteiger partial charge on any atom is -0.00261 e. The molecule has 0 fully saturated rings. The van der Waals surface area contributed by atoms with E-state index in [1.54, 1.807) is 0 Å². The predicted molar refractivity (Wildman–Crippen MR) is 217 cm³/mol. The van der Waals surface area contributed by atoms with Gasteiger partial charge in [-0.3, -0.25) is 0 Å². The van der Waals surface area contributed by atoms with Crippen molar-refractivity contribution in [3.63, 3.8) is 0 Å². The van der Waals surface area contributed by atoms with E-state index in [9.17, 15) is 0 Å². The monoisotopic (exact) mass is 638 g/mol. The minimum atomic E-state index is 0.0103. The topological polar surface area (TPSA) is 0 Å². The summed E-state index contributed by atoms with van der Waals surface area (Å²) in [5, 5.41) is 10.2. The molecule has 0 aliphatic rings. The van der Waals surface area contributed by atoms with Crippen LogP contribution in [-0.2, 0) is 5.41 Å². The normalized spacial score (nSPS) is 11.9. The molecule has 0 aliphatic heterocycles. The Kier molecular flexibility index (Phi) is 7.14. The molecule has 0 bridgehead atoms. The molecule has 0 heterocycles. The van der Waals surface area contributed by atoms with Crippen LogP contribution >= 0.6 is 0 Å². The van der Waals surface area contributed by atoms with Crippen LogP contribution < -0.4 is 0 Å². The number of rotatable bonds is 4. The van der Waals surface area contributed by atoms with Gasteiger partial charge in [-0.25, -0.2) is 0 Å². The van der Waals surface area contributed by atoms with E-state index in [2.05, 4.69) is 197 Å². The molecule has 0 radical (unpaired) electrons. The quantitative estimate of drug-likeness (QED) is 0.168. The lowest BCUT2D eigenvalue weighted by Gasteiger charge is -2.23. The molecule has 0 unspecified atom stereocenters. The van der Waals surface area contributed by atoms with E-state index in [1.807, 2.05) is 0 Å². The molecule has 0 saturated carbocycles. The van der Waals surface area contributed by atoms with Gasteiger partial charge >= 0.3 is 0 Å². The first kappa shape index (κ1) is 30.1. The second-order valence-corrected chi connectivity index (χ2v) is 14.5. The molecule has 9 aromatic carbocycles. The Labute approximate surface area is 294 Å². The summed E-state index contributed by atoms with van der Waals surface area (Å²) in [7, 11) is 0. The molecule has 9 rings (SSSR count). The summed E-state index contributed by atoms with van der Waals surface area (Å²) in [5.74, 6) is 0. The summed E-state index contributed by atoms with van der Waals surface area (Å²) in [6.07, 6.45) is 0. The first-order valence-electron chi connectivity index (χ1n) is 17.6. The van der Waals surface area contributed by atoms with Gasteiger partial charge < -0.3 is 0 Å². The van der Waals surface area contributed by atoms with Gasteiger partial charge in [-0.15, -0.1) is 0 Å². The Morgan fingerprint density at radius 1 is 0.300 bits per heavy atom. The van der Waals surface area contributed by atoms with E-state index in [1.165, 1.54) is 93.2 Å². The first-order chi connectivity index (χ1) is 24.4. The molecule has 50 heavy (non-hydrogen) atoms. The van der Waals surface area contributed by atoms with Crippen molar-refractivity contribution in [1.29, 1.82) is 0 Å². The van der Waals surface area contributed by atoms with Crippen LogP contribution in [0.15, 0.2) is 176 Å².